The van der Waals surface area contributed by atoms with E-state index in [1.54, 1.807) is 6.92 Å². The van der Waals surface area contributed by atoms with Gasteiger partial charge in [-0.1, -0.05) is 67.2 Å². The van der Waals surface area contributed by atoms with Crippen LogP contribution in [0.2, 0.25) is 0 Å². The van der Waals surface area contributed by atoms with Gasteiger partial charge < -0.3 is 4.74 Å². The Kier molecular flexibility index (Phi) is 11.7. The Morgan fingerprint density at radius 1 is 1.04 bits per heavy atom. The van der Waals surface area contributed by atoms with Crippen LogP contribution in [-0.2, 0) is 9.53 Å². The van der Waals surface area contributed by atoms with Crippen molar-refractivity contribution in [3.05, 3.63) is 84.4 Å². The second-order valence-corrected chi connectivity index (χ2v) is 5.46. The van der Waals surface area contributed by atoms with Crippen LogP contribution in [0.4, 0.5) is 0 Å². The highest BCUT2D eigenvalue weighted by molar-refractivity contribution is 6.00. The quantitative estimate of drug-likeness (QED) is 0.428. The van der Waals surface area contributed by atoms with Gasteiger partial charge in [-0.2, -0.15) is 0 Å². The van der Waals surface area contributed by atoms with Crippen LogP contribution in [0.1, 0.15) is 28.9 Å². The lowest BCUT2D eigenvalue weighted by Crippen LogP contribution is -2.27. The van der Waals surface area contributed by atoms with E-state index in [0.29, 0.717) is 6.61 Å². The molecule has 0 saturated heterocycles. The topological polar surface area (TPSA) is 46.6 Å². The first-order valence-corrected chi connectivity index (χ1v) is 8.11. The average molecular weight is 376 g/mol. The first kappa shape index (κ1) is 23.6. The predicted molar refractivity (Wildman–Crippen MR) is 108 cm³/mol. The Bertz CT molecular complexity index is 672. The molecule has 0 bridgehead atoms. The van der Waals surface area contributed by atoms with E-state index in [1.807, 2.05) is 79.7 Å². The van der Waals surface area contributed by atoms with E-state index in [1.165, 1.54) is 0 Å². The number of likely N-dealkylation sites (N-methyl/N-ethyl adjacent to an activating group) is 1. The van der Waals surface area contributed by atoms with E-state index >= 15 is 0 Å². The average Bonchev–Trinajstić information content (AvgIpc) is 2.64. The monoisotopic (exact) mass is 375 g/mol. The van der Waals surface area contributed by atoms with E-state index in [9.17, 15) is 9.59 Å². The van der Waals surface area contributed by atoms with Crippen LogP contribution in [-0.4, -0.2) is 37.4 Å². The molecule has 0 amide bonds. The van der Waals surface area contributed by atoms with Gasteiger partial charge in [0.1, 0.15) is 0 Å². The molecule has 0 heterocycles. The largest absolute Gasteiger partial charge is 0.463 e. The van der Waals surface area contributed by atoms with Crippen LogP contribution in [0.15, 0.2) is 73.3 Å². The standard InChI is InChI=1S/C16H17NO.C5H8O2.ClH/c1-17(2)15(13-9-5-3-6-10-13)16(18)14-11-7-4-8-12-14;1-3-5(6)7-4-2;/h3-12,15H,1-2H3;3H,1,4H2,2H3;1H. The third-order valence-electron chi connectivity index (χ3n) is 3.39. The van der Waals surface area contributed by atoms with Crippen LogP contribution < -0.4 is 0 Å². The number of benzene rings is 2. The molecule has 1 unspecified atom stereocenters. The van der Waals surface area contributed by atoms with Gasteiger partial charge in [0.05, 0.1) is 12.6 Å². The fourth-order valence-corrected chi connectivity index (χ4v) is 2.28. The molecule has 0 aliphatic carbocycles. The zero-order valence-corrected chi connectivity index (χ0v) is 16.2. The molecule has 0 spiro atoms. The molecule has 0 aliphatic heterocycles. The first-order valence-electron chi connectivity index (χ1n) is 8.11. The molecular formula is C21H26ClNO3. The molecule has 2 aromatic rings. The summed E-state index contributed by atoms with van der Waals surface area (Å²) in [5.74, 6) is -0.227. The van der Waals surface area contributed by atoms with Gasteiger partial charge in [-0.05, 0) is 26.6 Å². The highest BCUT2D eigenvalue weighted by atomic mass is 35.5. The van der Waals surface area contributed by atoms with Crippen molar-refractivity contribution in [3.8, 4) is 0 Å². The van der Waals surface area contributed by atoms with Crippen LogP contribution in [0.3, 0.4) is 0 Å². The Balaban J connectivity index is 0.000000673. The lowest BCUT2D eigenvalue weighted by atomic mass is 9.97. The third-order valence-corrected chi connectivity index (χ3v) is 3.39. The minimum atomic E-state index is -0.359. The third kappa shape index (κ3) is 7.64. The van der Waals surface area contributed by atoms with E-state index in [0.717, 1.165) is 17.2 Å². The van der Waals surface area contributed by atoms with Crippen LogP contribution >= 0.6 is 12.4 Å². The van der Waals surface area contributed by atoms with Crippen molar-refractivity contribution in [3.63, 3.8) is 0 Å². The van der Waals surface area contributed by atoms with Crippen molar-refractivity contribution in [2.45, 2.75) is 13.0 Å². The zero-order valence-electron chi connectivity index (χ0n) is 15.4. The Morgan fingerprint density at radius 2 is 1.54 bits per heavy atom. The summed E-state index contributed by atoms with van der Waals surface area (Å²) in [6, 6.07) is 19.1. The van der Waals surface area contributed by atoms with Gasteiger partial charge in [0.15, 0.2) is 5.78 Å². The number of Topliss-reactive ketones (excluding diaryl/α,β-unsaturated/α-hetero) is 1. The number of rotatable bonds is 6. The maximum Gasteiger partial charge on any atom is 0.330 e. The second-order valence-electron chi connectivity index (χ2n) is 5.46. The number of hydrogen-bond acceptors (Lipinski definition) is 4. The Hall–Kier alpha value is -2.43. The van der Waals surface area contributed by atoms with Crippen molar-refractivity contribution in [1.82, 2.24) is 4.90 Å². The molecular weight excluding hydrogens is 350 g/mol. The van der Waals surface area contributed by atoms with E-state index in [-0.39, 0.29) is 30.2 Å². The molecule has 2 rings (SSSR count). The predicted octanol–water partition coefficient (Wildman–Crippen LogP) is 4.33. The van der Waals surface area contributed by atoms with Gasteiger partial charge in [0.25, 0.3) is 0 Å². The van der Waals surface area contributed by atoms with Crippen LogP contribution in [0.5, 0.6) is 0 Å². The molecule has 1 atom stereocenters. The summed E-state index contributed by atoms with van der Waals surface area (Å²) in [7, 11) is 3.86. The smallest absolute Gasteiger partial charge is 0.330 e. The number of hydrogen-bond donors (Lipinski definition) is 0. The Labute approximate surface area is 161 Å². The van der Waals surface area contributed by atoms with E-state index in [2.05, 4.69) is 11.3 Å². The van der Waals surface area contributed by atoms with E-state index < -0.39 is 0 Å². The van der Waals surface area contributed by atoms with Crippen molar-refractivity contribution >= 4 is 24.2 Å². The highest BCUT2D eigenvalue weighted by Gasteiger charge is 2.23. The fraction of sp³-hybridized carbons (Fsp3) is 0.238. The molecule has 0 N–H and O–H groups in total. The number of carbonyl (C=O) groups is 2. The molecule has 2 aromatic carbocycles. The second kappa shape index (κ2) is 12.9. The summed E-state index contributed by atoms with van der Waals surface area (Å²) >= 11 is 0. The number of carbonyl (C=O) groups excluding carboxylic acids is 2. The van der Waals surface area contributed by atoms with Crippen molar-refractivity contribution in [2.75, 3.05) is 20.7 Å². The normalized spacial score (nSPS) is 10.6. The van der Waals surface area contributed by atoms with Gasteiger partial charge in [-0.25, -0.2) is 4.79 Å². The van der Waals surface area contributed by atoms with Crippen molar-refractivity contribution in [2.24, 2.45) is 0 Å². The number of esters is 1. The molecule has 5 heteroatoms. The number of halogens is 1. The van der Waals surface area contributed by atoms with Gasteiger partial charge >= 0.3 is 5.97 Å². The lowest BCUT2D eigenvalue weighted by Gasteiger charge is -2.23. The summed E-state index contributed by atoms with van der Waals surface area (Å²) in [6.45, 7) is 5.38. The zero-order chi connectivity index (χ0) is 18.7. The van der Waals surface area contributed by atoms with E-state index in [4.69, 9.17) is 0 Å². The maximum atomic E-state index is 12.5. The van der Waals surface area contributed by atoms with Crippen molar-refractivity contribution in [1.29, 1.82) is 0 Å². The molecule has 4 nitrogen and oxygen atoms in total. The summed E-state index contributed by atoms with van der Waals surface area (Å²) < 4.78 is 4.43. The molecule has 0 saturated carbocycles. The molecule has 26 heavy (non-hydrogen) atoms. The summed E-state index contributed by atoms with van der Waals surface area (Å²) in [5, 5.41) is 0. The number of nitrogens with zero attached hydrogens (tertiary/aromatic N) is 1. The van der Waals surface area contributed by atoms with Crippen molar-refractivity contribution < 1.29 is 14.3 Å². The first-order chi connectivity index (χ1) is 12.0. The minimum Gasteiger partial charge on any atom is -0.463 e. The minimum absolute atomic E-state index is 0. The summed E-state index contributed by atoms with van der Waals surface area (Å²) in [6.07, 6.45) is 1.14. The molecule has 0 fully saturated rings. The molecule has 0 radical (unpaired) electrons. The number of ketones is 1. The molecule has 140 valence electrons. The highest BCUT2D eigenvalue weighted by Crippen LogP contribution is 2.22. The van der Waals surface area contributed by atoms with Crippen LogP contribution in [0.25, 0.3) is 0 Å². The molecule has 0 aliphatic rings. The van der Waals surface area contributed by atoms with Crippen LogP contribution in [0, 0.1) is 0 Å². The fourth-order valence-electron chi connectivity index (χ4n) is 2.28. The lowest BCUT2D eigenvalue weighted by molar-refractivity contribution is -0.137. The van der Waals surface area contributed by atoms with Gasteiger partial charge in [-0.15, -0.1) is 12.4 Å². The Morgan fingerprint density at radius 3 is 1.92 bits per heavy atom. The SMILES string of the molecule is C=CC(=O)OCC.CN(C)C(C(=O)c1ccccc1)c1ccccc1.Cl. The number of ether oxygens (including phenoxy) is 1. The summed E-state index contributed by atoms with van der Waals surface area (Å²) in [4.78, 5) is 24.6. The van der Waals surface area contributed by atoms with Gasteiger partial charge in [0, 0.05) is 11.6 Å². The molecule has 0 aromatic heterocycles. The van der Waals surface area contributed by atoms with Gasteiger partial charge in [0.2, 0.25) is 0 Å². The van der Waals surface area contributed by atoms with Gasteiger partial charge in [-0.3, -0.25) is 9.69 Å². The maximum absolute atomic E-state index is 12.5. The summed E-state index contributed by atoms with van der Waals surface area (Å²) in [5.41, 5.74) is 1.77.